The fraction of sp³-hybridized carbons (Fsp3) is 0.714. The van der Waals surface area contributed by atoms with Crippen LogP contribution in [0, 0.1) is 5.92 Å². The molecule has 1 heterocycles. The fourth-order valence-corrected chi connectivity index (χ4v) is 2.75. The Morgan fingerprint density at radius 3 is 2.84 bits per heavy atom. The third kappa shape index (κ3) is 3.80. The molecule has 1 aliphatic rings. The number of carbonyl (C=O) groups is 1. The maximum atomic E-state index is 11.1. The maximum Gasteiger partial charge on any atom is 0.220 e. The van der Waals surface area contributed by atoms with Crippen LogP contribution in [0.15, 0.2) is 12.3 Å². The predicted octanol–water partition coefficient (Wildman–Crippen LogP) is 1.43. The summed E-state index contributed by atoms with van der Waals surface area (Å²) in [6, 6.07) is 2.57. The van der Waals surface area contributed by atoms with Gasteiger partial charge in [0.15, 0.2) is 0 Å². The molecule has 106 valence electrons. The molecule has 1 saturated carbocycles. The van der Waals surface area contributed by atoms with Crippen LogP contribution in [0.4, 0.5) is 0 Å². The second-order valence-corrected chi connectivity index (χ2v) is 5.38. The molecule has 1 amide bonds. The Morgan fingerprint density at radius 2 is 2.21 bits per heavy atom. The molecule has 0 atom stereocenters. The number of nitrogens with zero attached hydrogens (tertiary/aromatic N) is 2. The van der Waals surface area contributed by atoms with Gasteiger partial charge in [0.05, 0.1) is 5.69 Å². The van der Waals surface area contributed by atoms with Gasteiger partial charge in [0.1, 0.15) is 0 Å². The summed E-state index contributed by atoms with van der Waals surface area (Å²) in [6.07, 6.45) is 6.86. The number of aryl methyl sites for hydroxylation is 1. The van der Waals surface area contributed by atoms with Gasteiger partial charge in [-0.1, -0.05) is 6.92 Å². The molecule has 5 nitrogen and oxygen atoms in total. The summed E-state index contributed by atoms with van der Waals surface area (Å²) in [7, 11) is 0. The monoisotopic (exact) mass is 264 g/mol. The summed E-state index contributed by atoms with van der Waals surface area (Å²) in [4.78, 5) is 11.1. The molecule has 3 N–H and O–H groups in total. The Labute approximate surface area is 114 Å². The third-order valence-electron chi connectivity index (χ3n) is 3.94. The van der Waals surface area contributed by atoms with Crippen LogP contribution in [0.5, 0.6) is 0 Å². The number of hydrogen-bond donors (Lipinski definition) is 2. The first-order valence-electron chi connectivity index (χ1n) is 7.24. The second-order valence-electron chi connectivity index (χ2n) is 5.38. The van der Waals surface area contributed by atoms with Gasteiger partial charge in [-0.05, 0) is 38.2 Å². The Hall–Kier alpha value is -1.36. The maximum absolute atomic E-state index is 11.1. The zero-order valence-corrected chi connectivity index (χ0v) is 11.6. The molecule has 0 bridgehead atoms. The first-order valence-corrected chi connectivity index (χ1v) is 7.24. The summed E-state index contributed by atoms with van der Waals surface area (Å²) >= 11 is 0. The number of rotatable bonds is 6. The molecule has 2 rings (SSSR count). The van der Waals surface area contributed by atoms with Gasteiger partial charge >= 0.3 is 0 Å². The Balaban J connectivity index is 1.77. The molecule has 0 unspecified atom stereocenters. The van der Waals surface area contributed by atoms with E-state index in [1.807, 2.05) is 6.20 Å². The van der Waals surface area contributed by atoms with E-state index in [2.05, 4.69) is 28.1 Å². The van der Waals surface area contributed by atoms with Crippen molar-refractivity contribution in [2.45, 2.75) is 58.2 Å². The van der Waals surface area contributed by atoms with E-state index < -0.39 is 0 Å². The van der Waals surface area contributed by atoms with E-state index >= 15 is 0 Å². The quantitative estimate of drug-likeness (QED) is 0.816. The minimum atomic E-state index is -0.139. The molecule has 19 heavy (non-hydrogen) atoms. The van der Waals surface area contributed by atoms with Crippen LogP contribution in [-0.2, 0) is 17.9 Å². The van der Waals surface area contributed by atoms with Crippen molar-refractivity contribution >= 4 is 5.91 Å². The van der Waals surface area contributed by atoms with Gasteiger partial charge in [-0.2, -0.15) is 5.10 Å². The molecule has 0 spiro atoms. The van der Waals surface area contributed by atoms with Gasteiger partial charge < -0.3 is 11.1 Å². The molecule has 1 fully saturated rings. The predicted molar refractivity (Wildman–Crippen MR) is 74.3 cm³/mol. The molecular weight excluding hydrogens is 240 g/mol. The SMILES string of the molecule is CCCn1nccc1CNC1CCC(C(N)=O)CC1. The normalized spacial score (nSPS) is 23.4. The van der Waals surface area contributed by atoms with Crippen LogP contribution in [-0.4, -0.2) is 21.7 Å². The van der Waals surface area contributed by atoms with Gasteiger partial charge in [0.25, 0.3) is 0 Å². The highest BCUT2D eigenvalue weighted by Gasteiger charge is 2.24. The molecule has 1 aromatic rings. The summed E-state index contributed by atoms with van der Waals surface area (Å²) < 4.78 is 2.06. The van der Waals surface area contributed by atoms with E-state index in [9.17, 15) is 4.79 Å². The van der Waals surface area contributed by atoms with Crippen LogP contribution in [0.3, 0.4) is 0 Å². The van der Waals surface area contributed by atoms with Crippen molar-refractivity contribution in [3.8, 4) is 0 Å². The van der Waals surface area contributed by atoms with E-state index in [0.717, 1.165) is 45.2 Å². The number of nitrogens with two attached hydrogens (primary N) is 1. The number of aromatic nitrogens is 2. The van der Waals surface area contributed by atoms with Crippen molar-refractivity contribution in [2.75, 3.05) is 0 Å². The third-order valence-corrected chi connectivity index (χ3v) is 3.94. The average molecular weight is 264 g/mol. The van der Waals surface area contributed by atoms with E-state index in [1.54, 1.807) is 0 Å². The molecule has 0 aromatic carbocycles. The number of hydrogen-bond acceptors (Lipinski definition) is 3. The smallest absolute Gasteiger partial charge is 0.220 e. The largest absolute Gasteiger partial charge is 0.369 e. The lowest BCUT2D eigenvalue weighted by Gasteiger charge is -2.27. The zero-order chi connectivity index (χ0) is 13.7. The molecule has 0 aliphatic heterocycles. The van der Waals surface area contributed by atoms with Gasteiger partial charge in [-0.3, -0.25) is 9.48 Å². The molecular formula is C14H24N4O. The molecule has 0 radical (unpaired) electrons. The first kappa shape index (κ1) is 14.1. The van der Waals surface area contributed by atoms with Crippen molar-refractivity contribution in [1.82, 2.24) is 15.1 Å². The summed E-state index contributed by atoms with van der Waals surface area (Å²) in [5.74, 6) is -0.0526. The van der Waals surface area contributed by atoms with Crippen LogP contribution < -0.4 is 11.1 Å². The number of nitrogens with one attached hydrogen (secondary N) is 1. The minimum Gasteiger partial charge on any atom is -0.369 e. The lowest BCUT2D eigenvalue weighted by atomic mass is 9.85. The van der Waals surface area contributed by atoms with Gasteiger partial charge in [-0.15, -0.1) is 0 Å². The van der Waals surface area contributed by atoms with Gasteiger partial charge in [-0.25, -0.2) is 0 Å². The van der Waals surface area contributed by atoms with Crippen molar-refractivity contribution in [3.05, 3.63) is 18.0 Å². The van der Waals surface area contributed by atoms with Gasteiger partial charge in [0, 0.05) is 31.2 Å². The number of amides is 1. The fourth-order valence-electron chi connectivity index (χ4n) is 2.75. The molecule has 5 heteroatoms. The Morgan fingerprint density at radius 1 is 1.47 bits per heavy atom. The summed E-state index contributed by atoms with van der Waals surface area (Å²) in [5.41, 5.74) is 6.58. The first-order chi connectivity index (χ1) is 9.20. The van der Waals surface area contributed by atoms with E-state index in [4.69, 9.17) is 5.73 Å². The second kappa shape index (κ2) is 6.70. The Kier molecular flexibility index (Phi) is 4.96. The molecule has 0 saturated heterocycles. The molecule has 1 aromatic heterocycles. The standard InChI is InChI=1S/C14H24N4O/c1-2-9-18-13(7-8-17-18)10-16-12-5-3-11(4-6-12)14(15)19/h7-8,11-12,16H,2-6,9-10H2,1H3,(H2,15,19). The Bertz CT molecular complexity index is 407. The topological polar surface area (TPSA) is 72.9 Å². The van der Waals surface area contributed by atoms with Crippen LogP contribution in [0.25, 0.3) is 0 Å². The van der Waals surface area contributed by atoms with Crippen LogP contribution in [0.1, 0.15) is 44.7 Å². The highest BCUT2D eigenvalue weighted by Crippen LogP contribution is 2.24. The number of primary amides is 1. The minimum absolute atomic E-state index is 0.0867. The summed E-state index contributed by atoms with van der Waals surface area (Å²) in [6.45, 7) is 3.98. The highest BCUT2D eigenvalue weighted by atomic mass is 16.1. The highest BCUT2D eigenvalue weighted by molar-refractivity contribution is 5.76. The number of carbonyl (C=O) groups excluding carboxylic acids is 1. The zero-order valence-electron chi connectivity index (χ0n) is 11.6. The van der Waals surface area contributed by atoms with Crippen molar-refractivity contribution in [3.63, 3.8) is 0 Å². The average Bonchev–Trinajstić information content (AvgIpc) is 2.85. The molecule has 1 aliphatic carbocycles. The lowest BCUT2D eigenvalue weighted by Crippen LogP contribution is -2.36. The van der Waals surface area contributed by atoms with Crippen molar-refractivity contribution < 1.29 is 4.79 Å². The van der Waals surface area contributed by atoms with Crippen LogP contribution >= 0.6 is 0 Å². The van der Waals surface area contributed by atoms with E-state index in [0.29, 0.717) is 6.04 Å². The van der Waals surface area contributed by atoms with Crippen LogP contribution in [0.2, 0.25) is 0 Å². The van der Waals surface area contributed by atoms with Gasteiger partial charge in [0.2, 0.25) is 5.91 Å². The van der Waals surface area contributed by atoms with Crippen molar-refractivity contribution in [1.29, 1.82) is 0 Å². The summed E-state index contributed by atoms with van der Waals surface area (Å²) in [5, 5.41) is 7.89. The van der Waals surface area contributed by atoms with E-state index in [-0.39, 0.29) is 11.8 Å². The van der Waals surface area contributed by atoms with Crippen molar-refractivity contribution in [2.24, 2.45) is 11.7 Å². The lowest BCUT2D eigenvalue weighted by molar-refractivity contribution is -0.122. The van der Waals surface area contributed by atoms with E-state index in [1.165, 1.54) is 5.69 Å².